The third kappa shape index (κ3) is 13.5. The molecule has 6 heterocycles. The predicted octanol–water partition coefficient (Wildman–Crippen LogP) is 33.9. The third-order valence-electron chi connectivity index (χ3n) is 26.0. The predicted molar refractivity (Wildman–Crippen MR) is 551 cm³/mol. The van der Waals surface area contributed by atoms with Crippen LogP contribution in [0.1, 0.15) is 0 Å². The number of nitrogens with zero attached hydrogens (tertiary/aromatic N) is 8. The molecule has 21 aromatic carbocycles. The van der Waals surface area contributed by atoms with Crippen LogP contribution in [0.3, 0.4) is 0 Å². The van der Waals surface area contributed by atoms with Gasteiger partial charge < -0.3 is 17.8 Å². The van der Waals surface area contributed by atoms with Gasteiger partial charge in [-0.2, -0.15) is 0 Å². The standard InChI is InChI=1S/C42H26N2O.C41H25N3O.C40H21N3O/c1-3-12-29(13-4-1)36-26-37(30-14-5-2-6-15-30)44-42(43-36)31-21-19-28(20-22-31)35-25-32-16-8-10-18-34(32)40-39-33-17-9-7-11-27(33)23-24-38(39)45-41(35)40;1-3-12-28(13-4-1)39-42-40(29-14-5-2-6-15-29)44-41(43-39)30-21-19-27(20-22-30)34-25-31-16-8-10-18-33(31)37-36-32-17-9-7-11-26(32)23-24-35(36)45-38(34)37;1-41-27-14-18-35-33(22-27)34-23-28(42-2)15-19-36(34)43(35)29-16-11-25(12-17-29)32-21-26-8-4-6-10-31(26)39-38-30-9-5-3-7-24(30)13-20-37(38)44-40(32)39/h1-26H;1-25H;3-23H. The van der Waals surface area contributed by atoms with Gasteiger partial charge in [-0.25, -0.2) is 34.6 Å². The van der Waals surface area contributed by atoms with Gasteiger partial charge in [0, 0.05) is 88.1 Å². The van der Waals surface area contributed by atoms with Gasteiger partial charge in [-0.3, -0.25) is 0 Å². The van der Waals surface area contributed by atoms with Gasteiger partial charge in [0.1, 0.15) is 33.5 Å². The summed E-state index contributed by atoms with van der Waals surface area (Å²) in [6.07, 6.45) is 0. The van der Waals surface area contributed by atoms with E-state index in [1.807, 2.05) is 133 Å². The Morgan fingerprint density at radius 2 is 0.470 bits per heavy atom. The van der Waals surface area contributed by atoms with Crippen LogP contribution in [-0.2, 0) is 0 Å². The molecule has 0 bridgehead atoms. The van der Waals surface area contributed by atoms with Crippen LogP contribution in [0.5, 0.6) is 0 Å². The second kappa shape index (κ2) is 32.3. The second-order valence-corrected chi connectivity index (χ2v) is 33.7. The van der Waals surface area contributed by atoms with Crippen LogP contribution < -0.4 is 0 Å². The molecular weight excluding hydrogens is 1640 g/mol. The normalized spacial score (nSPS) is 11.6. The molecule has 0 aliphatic rings. The molecule has 11 heteroatoms. The summed E-state index contributed by atoms with van der Waals surface area (Å²) >= 11 is 0. The van der Waals surface area contributed by atoms with E-state index in [1.165, 1.54) is 64.6 Å². The van der Waals surface area contributed by atoms with E-state index in [2.05, 4.69) is 318 Å². The molecule has 134 heavy (non-hydrogen) atoms. The molecular formula is C123H72N8O3. The smallest absolute Gasteiger partial charge is 0.188 e. The summed E-state index contributed by atoms with van der Waals surface area (Å²) in [5.74, 6) is 2.62. The Kier molecular flexibility index (Phi) is 18.8. The lowest BCUT2D eigenvalue weighted by Gasteiger charge is -2.11. The first-order valence-corrected chi connectivity index (χ1v) is 44.6. The van der Waals surface area contributed by atoms with Crippen LogP contribution in [0.2, 0.25) is 0 Å². The van der Waals surface area contributed by atoms with Crippen molar-refractivity contribution in [2.75, 3.05) is 0 Å². The summed E-state index contributed by atoms with van der Waals surface area (Å²) in [6.45, 7) is 15.1. The zero-order chi connectivity index (χ0) is 88.9. The van der Waals surface area contributed by atoms with Gasteiger partial charge >= 0.3 is 0 Å². The van der Waals surface area contributed by atoms with Crippen LogP contribution >= 0.6 is 0 Å². The lowest BCUT2D eigenvalue weighted by Crippen LogP contribution is -2.00. The number of rotatable bonds is 10. The minimum Gasteiger partial charge on any atom is -0.455 e. The van der Waals surface area contributed by atoms with Crippen molar-refractivity contribution in [3.8, 4) is 107 Å². The fraction of sp³-hybridized carbons (Fsp3) is 0. The highest BCUT2D eigenvalue weighted by atomic mass is 16.3. The molecule has 0 spiro atoms. The molecule has 0 aliphatic heterocycles. The Labute approximate surface area is 768 Å². The van der Waals surface area contributed by atoms with Gasteiger partial charge in [0.15, 0.2) is 34.7 Å². The molecule has 0 fully saturated rings. The number of aromatic nitrogens is 6. The first kappa shape index (κ1) is 77.8. The zero-order valence-electron chi connectivity index (χ0n) is 71.9. The minimum absolute atomic E-state index is 0.582. The molecule has 0 radical (unpaired) electrons. The Bertz CT molecular complexity index is 8960. The Morgan fingerprint density at radius 3 is 0.799 bits per heavy atom. The average molecular weight is 1710 g/mol. The fourth-order valence-corrected chi connectivity index (χ4v) is 19.6. The van der Waals surface area contributed by atoms with Crippen molar-refractivity contribution >= 4 is 164 Å². The Balaban J connectivity index is 0.000000107. The molecule has 0 N–H and O–H groups in total. The van der Waals surface area contributed by atoms with E-state index in [-0.39, 0.29) is 0 Å². The van der Waals surface area contributed by atoms with Crippen molar-refractivity contribution in [3.63, 3.8) is 0 Å². The van der Waals surface area contributed by atoms with Crippen LogP contribution in [0.25, 0.3) is 269 Å². The molecule has 0 saturated carbocycles. The Morgan fingerprint density at radius 1 is 0.201 bits per heavy atom. The van der Waals surface area contributed by atoms with Crippen molar-refractivity contribution in [1.82, 2.24) is 29.5 Å². The molecule has 11 nitrogen and oxygen atoms in total. The molecule has 0 aliphatic carbocycles. The van der Waals surface area contributed by atoms with Gasteiger partial charge in [0.2, 0.25) is 0 Å². The monoisotopic (exact) mass is 1710 g/mol. The number of hydrogen-bond donors (Lipinski definition) is 0. The molecule has 0 saturated heterocycles. The summed E-state index contributed by atoms with van der Waals surface area (Å²) in [5, 5.41) is 23.2. The highest BCUT2D eigenvalue weighted by Gasteiger charge is 2.25. The van der Waals surface area contributed by atoms with E-state index in [9.17, 15) is 0 Å². The topological polar surface area (TPSA) is 118 Å². The minimum atomic E-state index is 0.582. The van der Waals surface area contributed by atoms with Crippen molar-refractivity contribution < 1.29 is 13.3 Å². The van der Waals surface area contributed by atoms with Gasteiger partial charge in [-0.05, 0) is 171 Å². The molecule has 622 valence electrons. The third-order valence-corrected chi connectivity index (χ3v) is 26.0. The van der Waals surface area contributed by atoms with Crippen molar-refractivity contribution in [1.29, 1.82) is 0 Å². The van der Waals surface area contributed by atoms with Gasteiger partial charge in [-0.15, -0.1) is 0 Å². The van der Waals surface area contributed by atoms with Crippen LogP contribution in [0, 0.1) is 13.1 Å². The van der Waals surface area contributed by atoms with Crippen LogP contribution in [0.15, 0.2) is 450 Å². The van der Waals surface area contributed by atoms with Crippen molar-refractivity contribution in [3.05, 3.63) is 460 Å². The highest BCUT2D eigenvalue weighted by Crippen LogP contribution is 2.49. The van der Waals surface area contributed by atoms with Gasteiger partial charge in [0.25, 0.3) is 0 Å². The van der Waals surface area contributed by atoms with E-state index >= 15 is 0 Å². The second-order valence-electron chi connectivity index (χ2n) is 33.7. The number of fused-ring (bicyclic) bond motifs is 24. The average Bonchev–Trinajstić information content (AvgIpc) is 1.39. The van der Waals surface area contributed by atoms with E-state index in [0.717, 1.165) is 171 Å². The molecule has 0 amide bonds. The summed E-state index contributed by atoms with van der Waals surface area (Å²) in [5.41, 5.74) is 23.6. The Hall–Kier alpha value is -18.6. The first-order chi connectivity index (χ1) is 66.3. The van der Waals surface area contributed by atoms with E-state index in [0.29, 0.717) is 34.7 Å². The van der Waals surface area contributed by atoms with Gasteiger partial charge in [0.05, 0.1) is 35.6 Å². The number of benzene rings is 21. The maximum absolute atomic E-state index is 7.53. The van der Waals surface area contributed by atoms with Crippen LogP contribution in [-0.4, -0.2) is 29.5 Å². The fourth-order valence-electron chi connectivity index (χ4n) is 19.6. The van der Waals surface area contributed by atoms with Gasteiger partial charge in [-0.1, -0.05) is 358 Å². The summed E-state index contributed by atoms with van der Waals surface area (Å²) in [7, 11) is 0. The summed E-state index contributed by atoms with van der Waals surface area (Å²) in [4.78, 5) is 32.0. The van der Waals surface area contributed by atoms with E-state index < -0.39 is 0 Å². The van der Waals surface area contributed by atoms with Crippen molar-refractivity contribution in [2.24, 2.45) is 0 Å². The highest BCUT2D eigenvalue weighted by molar-refractivity contribution is 6.32. The summed E-state index contributed by atoms with van der Waals surface area (Å²) < 4.78 is 22.2. The van der Waals surface area contributed by atoms with Crippen molar-refractivity contribution in [2.45, 2.75) is 0 Å². The largest absolute Gasteiger partial charge is 0.455 e. The number of hydrogen-bond acceptors (Lipinski definition) is 8. The molecule has 27 rings (SSSR count). The maximum Gasteiger partial charge on any atom is 0.188 e. The van der Waals surface area contributed by atoms with E-state index in [1.54, 1.807) is 0 Å². The molecule has 0 atom stereocenters. The molecule has 6 aromatic heterocycles. The zero-order valence-corrected chi connectivity index (χ0v) is 71.9. The maximum atomic E-state index is 7.53. The van der Waals surface area contributed by atoms with E-state index in [4.69, 9.17) is 51.3 Å². The quantitative estimate of drug-likeness (QED) is 0.124. The number of furan rings is 3. The lowest BCUT2D eigenvalue weighted by atomic mass is 9.94. The molecule has 27 aromatic rings. The lowest BCUT2D eigenvalue weighted by molar-refractivity contribution is 0.670. The first-order valence-electron chi connectivity index (χ1n) is 44.6. The summed E-state index contributed by atoms with van der Waals surface area (Å²) in [6, 6.07) is 151. The molecule has 0 unspecified atom stereocenters. The van der Waals surface area contributed by atoms with Crippen LogP contribution in [0.4, 0.5) is 11.4 Å². The SMILES string of the molecule is [C-]#[N+]c1ccc2c(c1)c1cc([N+]#[C-])ccc1n2-c1ccc(-c2cc3ccccc3c3c2oc2ccc4ccccc4c23)cc1.c1ccc(-c2cc(-c3ccccc3)nc(-c3ccc(-c4cc5ccccc5c5c4oc4ccc6ccccc6c45)cc3)n2)cc1.c1ccc(-c2nc(-c3ccccc3)nc(-c3ccc(-c4cc5ccccc5c5c4oc4ccc6ccccc6c45)cc3)n2)cc1.